The molecule has 0 unspecified atom stereocenters. The highest BCUT2D eigenvalue weighted by Gasteiger charge is 2.43. The molecule has 0 bridgehead atoms. The van der Waals surface area contributed by atoms with Crippen LogP contribution in [0.5, 0.6) is 11.5 Å². The molecule has 1 aliphatic rings. The Morgan fingerprint density at radius 3 is 2.30 bits per heavy atom. The van der Waals surface area contributed by atoms with Gasteiger partial charge in [-0.05, 0) is 59.7 Å². The van der Waals surface area contributed by atoms with Crippen LogP contribution in [0.4, 0.5) is 35.0 Å². The van der Waals surface area contributed by atoms with Crippen molar-refractivity contribution in [2.24, 2.45) is 0 Å². The first-order valence-corrected chi connectivity index (χ1v) is 10.4. The molecule has 1 aliphatic heterocycles. The molecule has 1 saturated heterocycles. The summed E-state index contributed by atoms with van der Waals surface area (Å²) in [4.78, 5) is 10.4. The first kappa shape index (κ1) is 24.8. The Bertz CT molecular complexity index is 979. The van der Waals surface area contributed by atoms with Crippen molar-refractivity contribution < 1.29 is 27.0 Å². The first-order valence-electron chi connectivity index (χ1n) is 10.4. The first-order chi connectivity index (χ1) is 15.2. The van der Waals surface area contributed by atoms with Crippen LogP contribution in [0.3, 0.4) is 0 Å². The molecule has 1 aromatic heterocycles. The molecule has 0 aliphatic carbocycles. The summed E-state index contributed by atoms with van der Waals surface area (Å²) in [6.07, 6.45) is -2.32. The standard InChI is InChI=1S/C22H29F4N5O2/c1-20(2)10-14(11-21(3,4)31(20)5)28-18-15(23)12-27-19(30-18)29-13-7-8-16(32-6)17(9-13)33-22(24,25)26/h7-9,12,14H,10-11H2,1-6H3,(H2,27,28,29,30). The van der Waals surface area contributed by atoms with Crippen LogP contribution in [-0.2, 0) is 0 Å². The third-order valence-electron chi connectivity index (χ3n) is 6.04. The van der Waals surface area contributed by atoms with E-state index in [1.54, 1.807) is 0 Å². The maximum Gasteiger partial charge on any atom is 0.573 e. The van der Waals surface area contributed by atoms with Crippen molar-refractivity contribution in [2.45, 2.75) is 64.0 Å². The van der Waals surface area contributed by atoms with Crippen molar-refractivity contribution in [3.8, 4) is 11.5 Å². The number of likely N-dealkylation sites (tertiary alicyclic amines) is 1. The van der Waals surface area contributed by atoms with Crippen molar-refractivity contribution >= 4 is 17.5 Å². The number of anilines is 3. The lowest BCUT2D eigenvalue weighted by atomic mass is 9.77. The van der Waals surface area contributed by atoms with Gasteiger partial charge in [0, 0.05) is 28.9 Å². The topological polar surface area (TPSA) is 71.5 Å². The summed E-state index contributed by atoms with van der Waals surface area (Å²) in [6.45, 7) is 8.54. The molecular formula is C22H29F4N5O2. The number of piperidine rings is 1. The summed E-state index contributed by atoms with van der Waals surface area (Å²) < 4.78 is 61.5. The van der Waals surface area contributed by atoms with Crippen molar-refractivity contribution in [3.05, 3.63) is 30.2 Å². The molecular weight excluding hydrogens is 442 g/mol. The number of hydrogen-bond donors (Lipinski definition) is 2. The van der Waals surface area contributed by atoms with Gasteiger partial charge in [0.15, 0.2) is 23.1 Å². The number of benzene rings is 1. The number of nitrogens with one attached hydrogen (secondary N) is 2. The lowest BCUT2D eigenvalue weighted by Gasteiger charge is -2.53. The van der Waals surface area contributed by atoms with Crippen molar-refractivity contribution in [3.63, 3.8) is 0 Å². The minimum atomic E-state index is -4.88. The fourth-order valence-corrected chi connectivity index (χ4v) is 4.28. The van der Waals surface area contributed by atoms with Crippen LogP contribution in [0.15, 0.2) is 24.4 Å². The second-order valence-electron chi connectivity index (χ2n) is 9.36. The zero-order chi connectivity index (χ0) is 24.6. The van der Waals surface area contributed by atoms with Gasteiger partial charge in [-0.25, -0.2) is 9.37 Å². The van der Waals surface area contributed by atoms with E-state index >= 15 is 0 Å². The second-order valence-corrected chi connectivity index (χ2v) is 9.36. The van der Waals surface area contributed by atoms with E-state index in [9.17, 15) is 17.6 Å². The Balaban J connectivity index is 1.80. The average Bonchev–Trinajstić information content (AvgIpc) is 2.67. The summed E-state index contributed by atoms with van der Waals surface area (Å²) in [6, 6.07) is 3.86. The van der Waals surface area contributed by atoms with Crippen LogP contribution in [0.1, 0.15) is 40.5 Å². The molecule has 1 aromatic carbocycles. The average molecular weight is 471 g/mol. The summed E-state index contributed by atoms with van der Waals surface area (Å²) in [7, 11) is 3.31. The van der Waals surface area contributed by atoms with Crippen LogP contribution >= 0.6 is 0 Å². The lowest BCUT2D eigenvalue weighted by Crippen LogP contribution is -2.61. The molecule has 0 atom stereocenters. The molecule has 7 nitrogen and oxygen atoms in total. The quantitative estimate of drug-likeness (QED) is 0.552. The number of hydrogen-bond acceptors (Lipinski definition) is 7. The van der Waals surface area contributed by atoms with Gasteiger partial charge in [-0.3, -0.25) is 4.90 Å². The van der Waals surface area contributed by atoms with E-state index in [1.165, 1.54) is 19.2 Å². The molecule has 182 valence electrons. The third-order valence-corrected chi connectivity index (χ3v) is 6.04. The highest BCUT2D eigenvalue weighted by atomic mass is 19.4. The zero-order valence-electron chi connectivity index (χ0n) is 19.5. The summed E-state index contributed by atoms with van der Waals surface area (Å²) in [5, 5.41) is 5.97. The van der Waals surface area contributed by atoms with Gasteiger partial charge in [0.25, 0.3) is 0 Å². The van der Waals surface area contributed by atoms with Gasteiger partial charge < -0.3 is 20.1 Å². The van der Waals surface area contributed by atoms with Crippen molar-refractivity contribution in [1.29, 1.82) is 0 Å². The van der Waals surface area contributed by atoms with Gasteiger partial charge in [0.1, 0.15) is 0 Å². The number of halogens is 4. The maximum atomic E-state index is 14.5. The van der Waals surface area contributed by atoms with Crippen LogP contribution in [0.2, 0.25) is 0 Å². The van der Waals surface area contributed by atoms with E-state index in [-0.39, 0.29) is 40.3 Å². The summed E-state index contributed by atoms with van der Waals surface area (Å²) in [5.74, 6) is -1.19. The maximum absolute atomic E-state index is 14.5. The Kier molecular flexibility index (Phi) is 6.65. The van der Waals surface area contributed by atoms with Gasteiger partial charge in [0.05, 0.1) is 13.3 Å². The highest BCUT2D eigenvalue weighted by Crippen LogP contribution is 2.38. The smallest absolute Gasteiger partial charge is 0.493 e. The minimum absolute atomic E-state index is 0.0217. The van der Waals surface area contributed by atoms with E-state index in [0.29, 0.717) is 0 Å². The molecule has 1 fully saturated rings. The van der Waals surface area contributed by atoms with E-state index in [1.807, 2.05) is 0 Å². The fourth-order valence-electron chi connectivity index (χ4n) is 4.28. The predicted octanol–water partition coefficient (Wildman–Crippen LogP) is 5.33. The van der Waals surface area contributed by atoms with Crippen molar-refractivity contribution in [1.82, 2.24) is 14.9 Å². The number of nitrogens with zero attached hydrogens (tertiary/aromatic N) is 3. The van der Waals surface area contributed by atoms with Gasteiger partial charge in [-0.2, -0.15) is 4.98 Å². The highest BCUT2D eigenvalue weighted by molar-refractivity contribution is 5.60. The molecule has 0 saturated carbocycles. The van der Waals surface area contributed by atoms with Crippen molar-refractivity contribution in [2.75, 3.05) is 24.8 Å². The van der Waals surface area contributed by atoms with E-state index in [2.05, 4.69) is 65.0 Å². The molecule has 0 radical (unpaired) electrons. The lowest BCUT2D eigenvalue weighted by molar-refractivity contribution is -0.275. The van der Waals surface area contributed by atoms with Gasteiger partial charge in [-0.15, -0.1) is 13.2 Å². The Morgan fingerprint density at radius 2 is 1.73 bits per heavy atom. The van der Waals surface area contributed by atoms with Crippen LogP contribution in [0.25, 0.3) is 0 Å². The minimum Gasteiger partial charge on any atom is -0.493 e. The molecule has 2 heterocycles. The van der Waals surface area contributed by atoms with Crippen LogP contribution in [0, 0.1) is 5.82 Å². The van der Waals surface area contributed by atoms with Gasteiger partial charge in [-0.1, -0.05) is 0 Å². The Hall–Kier alpha value is -2.82. The largest absolute Gasteiger partial charge is 0.573 e. The summed E-state index contributed by atoms with van der Waals surface area (Å²) >= 11 is 0. The van der Waals surface area contributed by atoms with Gasteiger partial charge in [0.2, 0.25) is 5.95 Å². The van der Waals surface area contributed by atoms with E-state index < -0.39 is 17.9 Å². The number of ether oxygens (including phenoxy) is 2. The van der Waals surface area contributed by atoms with E-state index in [4.69, 9.17) is 4.74 Å². The molecule has 2 aromatic rings. The molecule has 2 N–H and O–H groups in total. The van der Waals surface area contributed by atoms with Crippen LogP contribution in [-0.4, -0.2) is 52.5 Å². The molecule has 0 amide bonds. The Morgan fingerprint density at radius 1 is 1.09 bits per heavy atom. The Labute approximate surface area is 190 Å². The molecule has 33 heavy (non-hydrogen) atoms. The SMILES string of the molecule is COc1ccc(Nc2ncc(F)c(NC3CC(C)(C)N(C)C(C)(C)C3)n2)cc1OC(F)(F)F. The number of methoxy groups -OCH3 is 1. The second kappa shape index (κ2) is 8.85. The van der Waals surface area contributed by atoms with Gasteiger partial charge >= 0.3 is 6.36 Å². The zero-order valence-corrected chi connectivity index (χ0v) is 19.5. The normalized spacial score (nSPS) is 18.6. The van der Waals surface area contributed by atoms with Crippen LogP contribution < -0.4 is 20.1 Å². The number of aromatic nitrogens is 2. The predicted molar refractivity (Wildman–Crippen MR) is 118 cm³/mol. The number of alkyl halides is 3. The monoisotopic (exact) mass is 471 g/mol. The third kappa shape index (κ3) is 5.95. The molecule has 3 rings (SSSR count). The fraction of sp³-hybridized carbons (Fsp3) is 0.545. The van der Waals surface area contributed by atoms with E-state index in [0.717, 1.165) is 25.1 Å². The summed E-state index contributed by atoms with van der Waals surface area (Å²) in [5.41, 5.74) is -0.00147. The molecule has 0 spiro atoms. The number of rotatable bonds is 6. The molecule has 11 heteroatoms.